The Morgan fingerprint density at radius 2 is 2.17 bits per heavy atom. The van der Waals surface area contributed by atoms with E-state index in [2.05, 4.69) is 11.8 Å². The zero-order chi connectivity index (χ0) is 13.1. The molecule has 1 saturated heterocycles. The van der Waals surface area contributed by atoms with Crippen LogP contribution < -0.4 is 5.73 Å². The lowest BCUT2D eigenvalue weighted by atomic mass is 9.97. The minimum Gasteiger partial charge on any atom is -0.326 e. The number of hydrogen-bond acceptors (Lipinski definition) is 3. The second-order valence-corrected chi connectivity index (χ2v) is 6.14. The van der Waals surface area contributed by atoms with Crippen molar-refractivity contribution in [3.05, 3.63) is 35.6 Å². The SMILES string of the molecule is CC(N)C(c1ccccc1F)N1CCSCC1C. The van der Waals surface area contributed by atoms with Gasteiger partial charge in [0.25, 0.3) is 0 Å². The van der Waals surface area contributed by atoms with Crippen LogP contribution in [-0.4, -0.2) is 35.0 Å². The number of thioether (sulfide) groups is 1. The van der Waals surface area contributed by atoms with Crippen molar-refractivity contribution >= 4 is 11.8 Å². The summed E-state index contributed by atoms with van der Waals surface area (Å²) in [6.45, 7) is 5.14. The zero-order valence-corrected chi connectivity index (χ0v) is 11.8. The first-order valence-electron chi connectivity index (χ1n) is 6.44. The monoisotopic (exact) mass is 268 g/mol. The van der Waals surface area contributed by atoms with Crippen molar-refractivity contribution < 1.29 is 4.39 Å². The Balaban J connectivity index is 2.31. The Morgan fingerprint density at radius 3 is 2.78 bits per heavy atom. The minimum absolute atomic E-state index is 0.0258. The topological polar surface area (TPSA) is 29.3 Å². The van der Waals surface area contributed by atoms with Gasteiger partial charge in [-0.3, -0.25) is 4.90 Å². The summed E-state index contributed by atoms with van der Waals surface area (Å²) in [5.74, 6) is 2.05. The second kappa shape index (κ2) is 6.04. The summed E-state index contributed by atoms with van der Waals surface area (Å²) in [4.78, 5) is 2.35. The second-order valence-electron chi connectivity index (χ2n) is 4.99. The normalized spacial score (nSPS) is 24.8. The van der Waals surface area contributed by atoms with Crippen molar-refractivity contribution in [2.75, 3.05) is 18.1 Å². The number of nitrogens with two attached hydrogens (primary N) is 1. The van der Waals surface area contributed by atoms with Gasteiger partial charge in [-0.25, -0.2) is 4.39 Å². The Morgan fingerprint density at radius 1 is 1.44 bits per heavy atom. The summed E-state index contributed by atoms with van der Waals surface area (Å²) in [6.07, 6.45) is 0. The highest BCUT2D eigenvalue weighted by atomic mass is 32.2. The van der Waals surface area contributed by atoms with Gasteiger partial charge in [0.1, 0.15) is 5.82 Å². The van der Waals surface area contributed by atoms with Crippen molar-refractivity contribution in [1.82, 2.24) is 4.90 Å². The molecule has 4 heteroatoms. The van der Waals surface area contributed by atoms with Gasteiger partial charge in [0, 0.05) is 35.7 Å². The molecule has 2 N–H and O–H groups in total. The van der Waals surface area contributed by atoms with E-state index < -0.39 is 0 Å². The molecule has 1 aliphatic rings. The molecular formula is C14H21FN2S. The van der Waals surface area contributed by atoms with Crippen molar-refractivity contribution in [3.63, 3.8) is 0 Å². The molecule has 1 aliphatic heterocycles. The van der Waals surface area contributed by atoms with E-state index in [9.17, 15) is 4.39 Å². The lowest BCUT2D eigenvalue weighted by Gasteiger charge is -2.41. The molecule has 1 aromatic rings. The maximum atomic E-state index is 14.0. The molecule has 0 radical (unpaired) electrons. The van der Waals surface area contributed by atoms with Gasteiger partial charge in [-0.1, -0.05) is 18.2 Å². The van der Waals surface area contributed by atoms with E-state index in [-0.39, 0.29) is 17.9 Å². The van der Waals surface area contributed by atoms with Gasteiger partial charge in [-0.2, -0.15) is 11.8 Å². The van der Waals surface area contributed by atoms with Crippen molar-refractivity contribution in [2.45, 2.75) is 32.0 Å². The van der Waals surface area contributed by atoms with Crippen molar-refractivity contribution in [2.24, 2.45) is 5.73 Å². The summed E-state index contributed by atoms with van der Waals surface area (Å²) in [7, 11) is 0. The van der Waals surface area contributed by atoms with Crippen LogP contribution in [0.15, 0.2) is 24.3 Å². The van der Waals surface area contributed by atoms with E-state index in [1.807, 2.05) is 30.8 Å². The lowest BCUT2D eigenvalue weighted by Crippen LogP contribution is -2.48. The minimum atomic E-state index is -0.148. The number of rotatable bonds is 3. The quantitative estimate of drug-likeness (QED) is 0.914. The van der Waals surface area contributed by atoms with Crippen LogP contribution in [-0.2, 0) is 0 Å². The van der Waals surface area contributed by atoms with E-state index in [1.165, 1.54) is 6.07 Å². The fraction of sp³-hybridized carbons (Fsp3) is 0.571. The van der Waals surface area contributed by atoms with E-state index in [0.717, 1.165) is 23.6 Å². The third-order valence-electron chi connectivity index (χ3n) is 3.50. The molecule has 0 aliphatic carbocycles. The van der Waals surface area contributed by atoms with Crippen LogP contribution in [0.3, 0.4) is 0 Å². The molecule has 0 spiro atoms. The first-order valence-corrected chi connectivity index (χ1v) is 7.60. The molecule has 0 bridgehead atoms. The van der Waals surface area contributed by atoms with Crippen molar-refractivity contribution in [3.8, 4) is 0 Å². The van der Waals surface area contributed by atoms with Gasteiger partial charge in [0.05, 0.1) is 6.04 Å². The predicted molar refractivity (Wildman–Crippen MR) is 76.3 cm³/mol. The zero-order valence-electron chi connectivity index (χ0n) is 11.0. The Hall–Kier alpha value is -0.580. The number of nitrogens with zero attached hydrogens (tertiary/aromatic N) is 1. The van der Waals surface area contributed by atoms with E-state index in [1.54, 1.807) is 6.07 Å². The first kappa shape index (κ1) is 13.8. The molecule has 1 fully saturated rings. The third kappa shape index (κ3) is 2.87. The summed E-state index contributed by atoms with van der Waals surface area (Å²) >= 11 is 1.96. The maximum absolute atomic E-state index is 14.0. The number of halogens is 1. The highest BCUT2D eigenvalue weighted by Gasteiger charge is 2.31. The Labute approximate surface area is 113 Å². The average molecular weight is 268 g/mol. The highest BCUT2D eigenvalue weighted by Crippen LogP contribution is 2.31. The molecule has 1 aromatic carbocycles. The molecule has 3 unspecified atom stereocenters. The molecule has 1 heterocycles. The van der Waals surface area contributed by atoms with Gasteiger partial charge in [-0.05, 0) is 19.9 Å². The van der Waals surface area contributed by atoms with Crippen molar-refractivity contribution in [1.29, 1.82) is 0 Å². The van der Waals surface area contributed by atoms with Gasteiger partial charge in [-0.15, -0.1) is 0 Å². The molecule has 100 valence electrons. The molecular weight excluding hydrogens is 247 g/mol. The summed E-state index contributed by atoms with van der Waals surface area (Å²) < 4.78 is 14.0. The van der Waals surface area contributed by atoms with Gasteiger partial charge in [0.15, 0.2) is 0 Å². The van der Waals surface area contributed by atoms with E-state index >= 15 is 0 Å². The lowest BCUT2D eigenvalue weighted by molar-refractivity contribution is 0.140. The fourth-order valence-corrected chi connectivity index (χ4v) is 3.67. The number of benzene rings is 1. The van der Waals surface area contributed by atoms with Crippen LogP contribution in [0.4, 0.5) is 4.39 Å². The Bertz CT molecular complexity index is 397. The molecule has 2 rings (SSSR count). The van der Waals surface area contributed by atoms with Gasteiger partial charge in [0.2, 0.25) is 0 Å². The smallest absolute Gasteiger partial charge is 0.128 e. The van der Waals surface area contributed by atoms with Crippen LogP contribution in [0.2, 0.25) is 0 Å². The standard InChI is InChI=1S/C14H21FN2S/c1-10-9-18-8-7-17(10)14(11(2)16)12-5-3-4-6-13(12)15/h3-6,10-11,14H,7-9,16H2,1-2H3. The molecule has 0 saturated carbocycles. The largest absolute Gasteiger partial charge is 0.326 e. The third-order valence-corrected chi connectivity index (χ3v) is 4.69. The Kier molecular flexibility index (Phi) is 4.65. The maximum Gasteiger partial charge on any atom is 0.128 e. The van der Waals surface area contributed by atoms with Gasteiger partial charge >= 0.3 is 0 Å². The van der Waals surface area contributed by atoms with E-state index in [4.69, 9.17) is 5.73 Å². The highest BCUT2D eigenvalue weighted by molar-refractivity contribution is 7.99. The van der Waals surface area contributed by atoms with E-state index in [0.29, 0.717) is 6.04 Å². The first-order chi connectivity index (χ1) is 8.61. The van der Waals surface area contributed by atoms with Crippen LogP contribution in [0.5, 0.6) is 0 Å². The molecule has 18 heavy (non-hydrogen) atoms. The van der Waals surface area contributed by atoms with Gasteiger partial charge < -0.3 is 5.73 Å². The molecule has 0 aromatic heterocycles. The van der Waals surface area contributed by atoms with Crippen LogP contribution in [0.25, 0.3) is 0 Å². The molecule has 2 nitrogen and oxygen atoms in total. The predicted octanol–water partition coefficient (Wildman–Crippen LogP) is 2.65. The average Bonchev–Trinajstić information content (AvgIpc) is 2.34. The summed E-state index contributed by atoms with van der Waals surface area (Å²) in [5.41, 5.74) is 6.84. The number of hydrogen-bond donors (Lipinski definition) is 1. The van der Waals surface area contributed by atoms with Crippen LogP contribution in [0, 0.1) is 5.82 Å². The molecule has 0 amide bonds. The fourth-order valence-electron chi connectivity index (χ4n) is 2.63. The summed E-state index contributed by atoms with van der Waals surface area (Å²) in [5, 5.41) is 0. The van der Waals surface area contributed by atoms with Crippen LogP contribution >= 0.6 is 11.8 Å². The van der Waals surface area contributed by atoms with Crippen LogP contribution in [0.1, 0.15) is 25.5 Å². The summed E-state index contributed by atoms with van der Waals surface area (Å²) in [6, 6.07) is 7.34. The molecule has 3 atom stereocenters.